The Kier molecular flexibility index (Phi) is 3.39. The zero-order valence-corrected chi connectivity index (χ0v) is 8.04. The van der Waals surface area contributed by atoms with Crippen molar-refractivity contribution in [2.45, 2.75) is 13.8 Å². The summed E-state index contributed by atoms with van der Waals surface area (Å²) in [5, 5.41) is 0. The highest BCUT2D eigenvalue weighted by molar-refractivity contribution is 7.51. The third-order valence-corrected chi connectivity index (χ3v) is 2.66. The molecule has 4 nitrogen and oxygen atoms in total. The van der Waals surface area contributed by atoms with E-state index in [0.717, 1.165) is 6.08 Å². The van der Waals surface area contributed by atoms with Crippen molar-refractivity contribution < 1.29 is 19.1 Å². The van der Waals surface area contributed by atoms with E-state index in [0.29, 0.717) is 0 Å². The van der Waals surface area contributed by atoms with Crippen LogP contribution in [0.1, 0.15) is 13.8 Å². The molecule has 0 amide bonds. The highest BCUT2D eigenvalue weighted by Gasteiger charge is 2.32. The first-order chi connectivity index (χ1) is 5.19. The lowest BCUT2D eigenvalue weighted by atomic mass is 9.91. The zero-order valence-electron chi connectivity index (χ0n) is 7.15. The van der Waals surface area contributed by atoms with Crippen LogP contribution in [-0.4, -0.2) is 21.7 Å². The molecule has 0 aromatic rings. The van der Waals surface area contributed by atoms with Crippen LogP contribution in [-0.2, 0) is 9.36 Å². The van der Waals surface area contributed by atoms with Crippen LogP contribution in [0.3, 0.4) is 0 Å². The van der Waals surface area contributed by atoms with Crippen LogP contribution in [0.5, 0.6) is 0 Å². The third kappa shape index (κ3) is 3.81. The van der Waals surface area contributed by atoms with Crippen molar-refractivity contribution in [3.05, 3.63) is 12.7 Å². The zero-order chi connectivity index (χ0) is 9.99. The van der Waals surface area contributed by atoms with Crippen molar-refractivity contribution in [3.8, 4) is 0 Å². The van der Waals surface area contributed by atoms with Gasteiger partial charge in [0, 0.05) is 5.41 Å². The van der Waals surface area contributed by atoms with Gasteiger partial charge in [0.1, 0.15) is 0 Å². The number of allylic oxidation sites excluding steroid dienone is 1. The second-order valence-electron chi connectivity index (χ2n) is 3.28. The number of rotatable bonds is 4. The van der Waals surface area contributed by atoms with Gasteiger partial charge in [0.05, 0.1) is 6.16 Å². The van der Waals surface area contributed by atoms with Crippen molar-refractivity contribution >= 4 is 13.4 Å². The summed E-state index contributed by atoms with van der Waals surface area (Å²) in [4.78, 5) is 28.3. The van der Waals surface area contributed by atoms with E-state index in [-0.39, 0.29) is 5.78 Å². The average molecular weight is 192 g/mol. The monoisotopic (exact) mass is 192 g/mol. The van der Waals surface area contributed by atoms with Crippen LogP contribution < -0.4 is 0 Å². The van der Waals surface area contributed by atoms with Gasteiger partial charge in [0.15, 0.2) is 5.78 Å². The number of carbonyl (C=O) groups excluding carboxylic acids is 1. The molecule has 0 atom stereocenters. The van der Waals surface area contributed by atoms with Gasteiger partial charge in [-0.15, -0.1) is 0 Å². The maximum absolute atomic E-state index is 11.0. The molecule has 12 heavy (non-hydrogen) atoms. The van der Waals surface area contributed by atoms with E-state index in [1.54, 1.807) is 0 Å². The molecule has 0 aliphatic rings. The first kappa shape index (κ1) is 11.6. The third-order valence-electron chi connectivity index (χ3n) is 1.45. The van der Waals surface area contributed by atoms with Gasteiger partial charge in [-0.1, -0.05) is 20.4 Å². The van der Waals surface area contributed by atoms with E-state index >= 15 is 0 Å². The highest BCUT2D eigenvalue weighted by atomic mass is 31.2. The van der Waals surface area contributed by atoms with E-state index in [9.17, 15) is 9.36 Å². The van der Waals surface area contributed by atoms with Gasteiger partial charge in [-0.05, 0) is 6.08 Å². The fourth-order valence-electron chi connectivity index (χ4n) is 0.869. The molecular weight excluding hydrogens is 179 g/mol. The summed E-state index contributed by atoms with van der Waals surface area (Å²) in [5.74, 6) is -0.356. The molecule has 0 bridgehead atoms. The first-order valence-electron chi connectivity index (χ1n) is 3.40. The second kappa shape index (κ2) is 3.52. The number of hydrogen-bond donors (Lipinski definition) is 2. The average Bonchev–Trinajstić information content (AvgIpc) is 1.80. The Bertz CT molecular complexity index is 238. The number of carbonyl (C=O) groups is 1. The van der Waals surface area contributed by atoms with Crippen molar-refractivity contribution in [3.63, 3.8) is 0 Å². The van der Waals surface area contributed by atoms with Gasteiger partial charge in [-0.3, -0.25) is 9.36 Å². The normalized spacial score (nSPS) is 12.7. The van der Waals surface area contributed by atoms with E-state index in [4.69, 9.17) is 9.79 Å². The molecule has 0 rings (SSSR count). The number of ketones is 1. The molecule has 0 aromatic heterocycles. The Hall–Kier alpha value is -0.440. The Morgan fingerprint density at radius 1 is 1.58 bits per heavy atom. The molecule has 70 valence electrons. The van der Waals surface area contributed by atoms with E-state index < -0.39 is 19.2 Å². The molecule has 0 aromatic carbocycles. The predicted octanol–water partition coefficient (Wildman–Crippen LogP) is 0.945. The van der Waals surface area contributed by atoms with E-state index in [1.807, 2.05) is 0 Å². The Labute approximate surface area is 71.5 Å². The van der Waals surface area contributed by atoms with Crippen LogP contribution in [0.25, 0.3) is 0 Å². The molecule has 2 N–H and O–H groups in total. The van der Waals surface area contributed by atoms with Crippen LogP contribution in [0.2, 0.25) is 0 Å². The smallest absolute Gasteiger partial charge is 0.324 e. The molecule has 0 aliphatic carbocycles. The van der Waals surface area contributed by atoms with Gasteiger partial charge < -0.3 is 9.79 Å². The summed E-state index contributed by atoms with van der Waals surface area (Å²) < 4.78 is 10.6. The van der Waals surface area contributed by atoms with E-state index in [1.165, 1.54) is 13.8 Å². The summed E-state index contributed by atoms with van der Waals surface area (Å²) in [6, 6.07) is 0. The van der Waals surface area contributed by atoms with Gasteiger partial charge in [-0.2, -0.15) is 0 Å². The molecular formula is C7H13O4P. The lowest BCUT2D eigenvalue weighted by molar-refractivity contribution is -0.121. The van der Waals surface area contributed by atoms with Gasteiger partial charge in [-0.25, -0.2) is 0 Å². The molecule has 0 unspecified atom stereocenters. The molecule has 0 heterocycles. The minimum atomic E-state index is -4.12. The second-order valence-corrected chi connectivity index (χ2v) is 4.92. The molecule has 5 heteroatoms. The summed E-state index contributed by atoms with van der Waals surface area (Å²) in [5.41, 5.74) is -1.03. The fourth-order valence-corrected chi connectivity index (χ4v) is 2.05. The molecule has 0 aliphatic heterocycles. The summed E-state index contributed by atoms with van der Waals surface area (Å²) in [6.45, 7) is 6.22. The molecule has 0 spiro atoms. The van der Waals surface area contributed by atoms with Crippen LogP contribution in [0, 0.1) is 5.41 Å². The minimum Gasteiger partial charge on any atom is -0.324 e. The molecule has 0 saturated heterocycles. The van der Waals surface area contributed by atoms with Crippen molar-refractivity contribution in [1.29, 1.82) is 0 Å². The summed E-state index contributed by atoms with van der Waals surface area (Å²) in [7, 11) is -4.12. The highest BCUT2D eigenvalue weighted by Crippen LogP contribution is 2.41. The van der Waals surface area contributed by atoms with Gasteiger partial charge in [0.25, 0.3) is 0 Å². The lowest BCUT2D eigenvalue weighted by Gasteiger charge is -2.21. The first-order valence-corrected chi connectivity index (χ1v) is 5.20. The van der Waals surface area contributed by atoms with Crippen LogP contribution in [0.4, 0.5) is 0 Å². The minimum absolute atomic E-state index is 0.356. The predicted molar refractivity (Wildman–Crippen MR) is 45.9 cm³/mol. The topological polar surface area (TPSA) is 74.6 Å². The Morgan fingerprint density at radius 2 is 2.00 bits per heavy atom. The lowest BCUT2D eigenvalue weighted by Crippen LogP contribution is -2.26. The fraction of sp³-hybridized carbons (Fsp3) is 0.571. The van der Waals surface area contributed by atoms with Crippen molar-refractivity contribution in [1.82, 2.24) is 0 Å². The van der Waals surface area contributed by atoms with Crippen molar-refractivity contribution in [2.75, 3.05) is 6.16 Å². The maximum atomic E-state index is 11.0. The van der Waals surface area contributed by atoms with Gasteiger partial charge >= 0.3 is 7.60 Å². The largest absolute Gasteiger partial charge is 0.326 e. The Balaban J connectivity index is 4.54. The van der Waals surface area contributed by atoms with Crippen LogP contribution in [0.15, 0.2) is 12.7 Å². The standard InChI is InChI=1S/C7H13O4P/c1-4-6(8)7(2,3)5-12(9,10)11/h4H,1,5H2,2-3H3,(H2,9,10,11). The van der Waals surface area contributed by atoms with Crippen molar-refractivity contribution in [2.24, 2.45) is 5.41 Å². The summed E-state index contributed by atoms with van der Waals surface area (Å²) in [6.07, 6.45) is 0.639. The Morgan fingerprint density at radius 3 is 2.25 bits per heavy atom. The summed E-state index contributed by atoms with van der Waals surface area (Å²) >= 11 is 0. The van der Waals surface area contributed by atoms with Gasteiger partial charge in [0.2, 0.25) is 0 Å². The van der Waals surface area contributed by atoms with Crippen LogP contribution >= 0.6 is 7.60 Å². The number of hydrogen-bond acceptors (Lipinski definition) is 2. The van der Waals surface area contributed by atoms with E-state index in [2.05, 4.69) is 6.58 Å². The maximum Gasteiger partial charge on any atom is 0.326 e. The SMILES string of the molecule is C=CC(=O)C(C)(C)CP(=O)(O)O. The molecule has 0 saturated carbocycles. The quantitative estimate of drug-likeness (QED) is 0.513. The molecule has 0 radical (unpaired) electrons. The molecule has 0 fully saturated rings.